The van der Waals surface area contributed by atoms with Crippen molar-refractivity contribution in [3.63, 3.8) is 0 Å². The molecule has 134 valence electrons. The van der Waals surface area contributed by atoms with Crippen LogP contribution in [0.25, 0.3) is 0 Å². The number of carbonyl (C=O) groups excluding carboxylic acids is 1. The van der Waals surface area contributed by atoms with Gasteiger partial charge in [-0.05, 0) is 30.9 Å². The number of rotatable bonds is 6. The summed E-state index contributed by atoms with van der Waals surface area (Å²) >= 11 is 6.06. The number of hydrogen-bond donors (Lipinski definition) is 3. The maximum atomic E-state index is 12.3. The molecule has 1 fully saturated rings. The molecule has 1 aromatic carbocycles. The van der Waals surface area contributed by atoms with E-state index < -0.39 is 18.1 Å². The molecule has 0 aromatic heterocycles. The van der Waals surface area contributed by atoms with E-state index in [0.717, 1.165) is 18.4 Å². The SMILES string of the molecule is COc1cc(Cl)c(C)cc1NC(=O)C(O)C(N)CC1CCCCC1. The minimum Gasteiger partial charge on any atom is -0.495 e. The van der Waals surface area contributed by atoms with Crippen LogP contribution >= 0.6 is 11.6 Å². The molecule has 0 bridgehead atoms. The standard InChI is InChI=1S/C18H27ClN2O3/c1-11-8-15(16(24-2)10-13(11)19)21-18(23)17(22)14(20)9-12-6-4-3-5-7-12/h8,10,12,14,17,22H,3-7,9,20H2,1-2H3,(H,21,23). The molecule has 2 unspecified atom stereocenters. The molecule has 1 aliphatic rings. The van der Waals surface area contributed by atoms with Crippen molar-refractivity contribution in [1.82, 2.24) is 0 Å². The van der Waals surface area contributed by atoms with Crippen LogP contribution in [0.2, 0.25) is 5.02 Å². The van der Waals surface area contributed by atoms with Gasteiger partial charge in [0.25, 0.3) is 5.91 Å². The first kappa shape index (κ1) is 19.0. The van der Waals surface area contributed by atoms with Crippen LogP contribution in [0.1, 0.15) is 44.1 Å². The normalized spacial score (nSPS) is 18.0. The van der Waals surface area contributed by atoms with Crippen LogP contribution in [0, 0.1) is 12.8 Å². The smallest absolute Gasteiger partial charge is 0.254 e. The van der Waals surface area contributed by atoms with E-state index in [-0.39, 0.29) is 0 Å². The molecule has 0 spiro atoms. The zero-order valence-corrected chi connectivity index (χ0v) is 15.1. The lowest BCUT2D eigenvalue weighted by Gasteiger charge is -2.26. The first-order chi connectivity index (χ1) is 11.4. The Morgan fingerprint density at radius 1 is 1.42 bits per heavy atom. The Labute approximate surface area is 148 Å². The molecular weight excluding hydrogens is 328 g/mol. The van der Waals surface area contributed by atoms with Crippen LogP contribution in [-0.4, -0.2) is 30.3 Å². The summed E-state index contributed by atoms with van der Waals surface area (Å²) in [7, 11) is 1.50. The summed E-state index contributed by atoms with van der Waals surface area (Å²) in [6, 6.07) is 2.80. The number of hydrogen-bond acceptors (Lipinski definition) is 4. The molecule has 2 atom stereocenters. The Hall–Kier alpha value is -1.30. The molecule has 1 aliphatic carbocycles. The Kier molecular flexibility index (Phi) is 6.90. The maximum absolute atomic E-state index is 12.3. The predicted octanol–water partition coefficient (Wildman–Crippen LogP) is 3.25. The van der Waals surface area contributed by atoms with Gasteiger partial charge in [-0.3, -0.25) is 4.79 Å². The monoisotopic (exact) mass is 354 g/mol. The summed E-state index contributed by atoms with van der Waals surface area (Å²) in [5.41, 5.74) is 7.36. The molecule has 1 aromatic rings. The number of halogens is 1. The number of benzene rings is 1. The molecule has 2 rings (SSSR count). The third-order valence-electron chi connectivity index (χ3n) is 4.74. The van der Waals surface area contributed by atoms with Crippen LogP contribution in [0.15, 0.2) is 12.1 Å². The predicted molar refractivity (Wildman–Crippen MR) is 96.5 cm³/mol. The maximum Gasteiger partial charge on any atom is 0.254 e. The topological polar surface area (TPSA) is 84.6 Å². The second-order valence-electron chi connectivity index (χ2n) is 6.64. The van der Waals surface area contributed by atoms with Gasteiger partial charge in [0.15, 0.2) is 0 Å². The molecule has 1 saturated carbocycles. The highest BCUT2D eigenvalue weighted by Gasteiger charge is 2.27. The molecule has 24 heavy (non-hydrogen) atoms. The van der Waals surface area contributed by atoms with E-state index in [2.05, 4.69) is 5.32 Å². The fraction of sp³-hybridized carbons (Fsp3) is 0.611. The van der Waals surface area contributed by atoms with Gasteiger partial charge in [-0.1, -0.05) is 43.7 Å². The first-order valence-corrected chi connectivity index (χ1v) is 8.88. The van der Waals surface area contributed by atoms with Crippen molar-refractivity contribution in [1.29, 1.82) is 0 Å². The van der Waals surface area contributed by atoms with Crippen LogP contribution in [0.3, 0.4) is 0 Å². The van der Waals surface area contributed by atoms with Gasteiger partial charge in [-0.25, -0.2) is 0 Å². The highest BCUT2D eigenvalue weighted by Crippen LogP contribution is 2.31. The number of nitrogens with one attached hydrogen (secondary N) is 1. The van der Waals surface area contributed by atoms with Crippen molar-refractivity contribution in [3.05, 3.63) is 22.7 Å². The quantitative estimate of drug-likeness (QED) is 0.732. The van der Waals surface area contributed by atoms with Crippen LogP contribution in [0.4, 0.5) is 5.69 Å². The highest BCUT2D eigenvalue weighted by molar-refractivity contribution is 6.31. The minimum absolute atomic E-state index is 0.451. The number of amides is 1. The zero-order chi connectivity index (χ0) is 17.7. The molecule has 1 amide bonds. The number of nitrogens with two attached hydrogens (primary N) is 1. The van der Waals surface area contributed by atoms with Crippen LogP contribution in [-0.2, 0) is 4.79 Å². The van der Waals surface area contributed by atoms with E-state index in [1.165, 1.54) is 26.4 Å². The number of aliphatic hydroxyl groups excluding tert-OH is 1. The summed E-state index contributed by atoms with van der Waals surface area (Å²) in [6.45, 7) is 1.84. The van der Waals surface area contributed by atoms with E-state index in [1.54, 1.807) is 12.1 Å². The fourth-order valence-electron chi connectivity index (χ4n) is 3.27. The minimum atomic E-state index is -1.24. The lowest BCUT2D eigenvalue weighted by Crippen LogP contribution is -2.44. The molecule has 4 N–H and O–H groups in total. The molecule has 0 aliphatic heterocycles. The van der Waals surface area contributed by atoms with E-state index >= 15 is 0 Å². The third-order valence-corrected chi connectivity index (χ3v) is 5.15. The molecule has 6 heteroatoms. The Morgan fingerprint density at radius 2 is 2.08 bits per heavy atom. The van der Waals surface area contributed by atoms with Crippen molar-refractivity contribution in [2.75, 3.05) is 12.4 Å². The molecule has 5 nitrogen and oxygen atoms in total. The number of anilines is 1. The lowest BCUT2D eigenvalue weighted by molar-refractivity contribution is -0.125. The van der Waals surface area contributed by atoms with Gasteiger partial charge in [0.05, 0.1) is 12.8 Å². The largest absolute Gasteiger partial charge is 0.495 e. The van der Waals surface area contributed by atoms with Gasteiger partial charge in [0.2, 0.25) is 0 Å². The van der Waals surface area contributed by atoms with E-state index in [1.807, 2.05) is 6.92 Å². The number of methoxy groups -OCH3 is 1. The van der Waals surface area contributed by atoms with Gasteiger partial charge in [-0.2, -0.15) is 0 Å². The zero-order valence-electron chi connectivity index (χ0n) is 14.3. The van der Waals surface area contributed by atoms with Crippen molar-refractivity contribution >= 4 is 23.2 Å². The van der Waals surface area contributed by atoms with Gasteiger partial charge < -0.3 is 20.9 Å². The van der Waals surface area contributed by atoms with E-state index in [0.29, 0.717) is 28.8 Å². The number of aliphatic hydroxyl groups is 1. The summed E-state index contributed by atoms with van der Waals surface area (Å²) in [6.07, 6.45) is 5.38. The Morgan fingerprint density at radius 3 is 2.71 bits per heavy atom. The third kappa shape index (κ3) is 4.85. The van der Waals surface area contributed by atoms with Gasteiger partial charge in [0.1, 0.15) is 11.9 Å². The van der Waals surface area contributed by atoms with Crippen molar-refractivity contribution in [2.45, 2.75) is 57.6 Å². The average Bonchev–Trinajstić information content (AvgIpc) is 2.58. The molecule has 0 saturated heterocycles. The average molecular weight is 355 g/mol. The summed E-state index contributed by atoms with van der Waals surface area (Å²) < 4.78 is 5.23. The molecule has 0 heterocycles. The lowest BCUT2D eigenvalue weighted by atomic mass is 9.84. The van der Waals surface area contributed by atoms with Gasteiger partial charge in [0, 0.05) is 17.1 Å². The second-order valence-corrected chi connectivity index (χ2v) is 7.05. The van der Waals surface area contributed by atoms with Crippen molar-refractivity contribution in [3.8, 4) is 5.75 Å². The highest BCUT2D eigenvalue weighted by atomic mass is 35.5. The number of carbonyl (C=O) groups is 1. The van der Waals surface area contributed by atoms with Gasteiger partial charge in [-0.15, -0.1) is 0 Å². The fourth-order valence-corrected chi connectivity index (χ4v) is 3.42. The number of ether oxygens (including phenoxy) is 1. The van der Waals surface area contributed by atoms with E-state index in [9.17, 15) is 9.90 Å². The molecular formula is C18H27ClN2O3. The van der Waals surface area contributed by atoms with Crippen LogP contribution < -0.4 is 15.8 Å². The van der Waals surface area contributed by atoms with Crippen molar-refractivity contribution < 1.29 is 14.6 Å². The second kappa shape index (κ2) is 8.70. The summed E-state index contributed by atoms with van der Waals surface area (Å²) in [5, 5.41) is 13.5. The summed E-state index contributed by atoms with van der Waals surface area (Å²) in [4.78, 5) is 12.3. The van der Waals surface area contributed by atoms with E-state index in [4.69, 9.17) is 22.1 Å². The van der Waals surface area contributed by atoms with Gasteiger partial charge >= 0.3 is 0 Å². The summed E-state index contributed by atoms with van der Waals surface area (Å²) in [5.74, 6) is 0.439. The Bertz CT molecular complexity index is 574. The first-order valence-electron chi connectivity index (χ1n) is 8.51. The Balaban J connectivity index is 1.99. The van der Waals surface area contributed by atoms with Crippen LogP contribution in [0.5, 0.6) is 5.75 Å². The molecule has 0 radical (unpaired) electrons. The van der Waals surface area contributed by atoms with Crippen molar-refractivity contribution in [2.24, 2.45) is 11.7 Å². The number of aryl methyl sites for hydroxylation is 1.